The number of nitrogens with zero attached hydrogens (tertiary/aromatic N) is 2. The minimum atomic E-state index is 0.0531. The molecule has 0 bridgehead atoms. The molecule has 0 saturated heterocycles. The van der Waals surface area contributed by atoms with Crippen LogP contribution in [-0.2, 0) is 21.7 Å². The first-order valence-electron chi connectivity index (χ1n) is 23.5. The fraction of sp³-hybridized carbons (Fsp3) is 0.258. The first kappa shape index (κ1) is 43.1. The van der Waals surface area contributed by atoms with Gasteiger partial charge in [0.2, 0.25) is 0 Å². The Kier molecular flexibility index (Phi) is 10.1. The minimum absolute atomic E-state index is 0.0531. The predicted octanol–water partition coefficient (Wildman–Crippen LogP) is 18.6. The molecule has 0 N–H and O–H groups in total. The summed E-state index contributed by atoms with van der Waals surface area (Å²) in [6, 6.07) is 57.9. The highest BCUT2D eigenvalue weighted by Gasteiger charge is 2.27. The molecule has 2 heterocycles. The van der Waals surface area contributed by atoms with Crippen LogP contribution >= 0.6 is 0 Å². The van der Waals surface area contributed by atoms with Crippen LogP contribution in [0, 0.1) is 0 Å². The molecular formula is C62H62N2O2. The number of hydrogen-bond acceptors (Lipinski definition) is 4. The quantitative estimate of drug-likeness (QED) is 0.166. The summed E-state index contributed by atoms with van der Waals surface area (Å²) in [6.07, 6.45) is 0. The van der Waals surface area contributed by atoms with Gasteiger partial charge in [0, 0.05) is 73.5 Å². The summed E-state index contributed by atoms with van der Waals surface area (Å²) >= 11 is 0. The Morgan fingerprint density at radius 3 is 1.17 bits per heavy atom. The van der Waals surface area contributed by atoms with Crippen LogP contribution in [-0.4, -0.2) is 0 Å². The summed E-state index contributed by atoms with van der Waals surface area (Å²) in [5.74, 6) is 1.66. The van der Waals surface area contributed by atoms with Crippen LogP contribution in [0.2, 0.25) is 0 Å². The molecule has 66 heavy (non-hydrogen) atoms. The lowest BCUT2D eigenvalue weighted by molar-refractivity contribution is 0.487. The summed E-state index contributed by atoms with van der Waals surface area (Å²) < 4.78 is 13.9. The number of anilines is 6. The molecule has 1 aliphatic rings. The monoisotopic (exact) mass is 866 g/mol. The van der Waals surface area contributed by atoms with Gasteiger partial charge in [0.25, 0.3) is 0 Å². The Balaban J connectivity index is 1.08. The number of furan rings is 1. The summed E-state index contributed by atoms with van der Waals surface area (Å²) in [5, 5.41) is 4.40. The van der Waals surface area contributed by atoms with Crippen molar-refractivity contribution >= 4 is 66.8 Å². The van der Waals surface area contributed by atoms with E-state index in [0.29, 0.717) is 0 Å². The largest absolute Gasteiger partial charge is 0.456 e. The number of benzene rings is 8. The van der Waals surface area contributed by atoms with Crippen LogP contribution in [0.1, 0.15) is 105 Å². The van der Waals surface area contributed by atoms with Crippen molar-refractivity contribution in [3.8, 4) is 22.6 Å². The van der Waals surface area contributed by atoms with Gasteiger partial charge in [-0.2, -0.15) is 0 Å². The summed E-state index contributed by atoms with van der Waals surface area (Å²) in [7, 11) is 0. The standard InChI is InChI=1S/C62H62N2O2/c1-59(2,3)39-16-24-43(25-17-39)63(44-26-18-40(19-27-44)60(4,5)6)47-32-34-49-52-38-56-57(51-14-13-15-53(58(51)52)65-54(49)36-47)50-35-33-48(37-55(50)66-56)64(45-28-20-41(21-29-45)61(7,8)9)46-30-22-42(23-31-46)62(10,11)12/h13-38H,1-12H3. The smallest absolute Gasteiger partial charge is 0.137 e. The zero-order valence-corrected chi connectivity index (χ0v) is 40.7. The highest BCUT2D eigenvalue weighted by atomic mass is 16.5. The van der Waals surface area contributed by atoms with Crippen molar-refractivity contribution < 1.29 is 9.15 Å². The fourth-order valence-electron chi connectivity index (χ4n) is 9.55. The lowest BCUT2D eigenvalue weighted by Crippen LogP contribution is -2.14. The molecule has 0 spiro atoms. The van der Waals surface area contributed by atoms with Crippen molar-refractivity contribution in [1.29, 1.82) is 0 Å². The maximum absolute atomic E-state index is 6.94. The van der Waals surface area contributed by atoms with E-state index in [2.05, 4.69) is 251 Å². The molecule has 1 aromatic heterocycles. The molecule has 9 aromatic rings. The van der Waals surface area contributed by atoms with E-state index in [1.165, 1.54) is 22.3 Å². The molecule has 8 aromatic carbocycles. The van der Waals surface area contributed by atoms with Gasteiger partial charge in [-0.3, -0.25) is 0 Å². The van der Waals surface area contributed by atoms with E-state index < -0.39 is 0 Å². The second kappa shape index (κ2) is 15.4. The Morgan fingerprint density at radius 1 is 0.318 bits per heavy atom. The first-order chi connectivity index (χ1) is 31.2. The second-order valence-corrected chi connectivity index (χ2v) is 22.4. The zero-order valence-electron chi connectivity index (χ0n) is 40.7. The zero-order chi connectivity index (χ0) is 46.5. The molecule has 0 amide bonds. The molecule has 0 aliphatic carbocycles. The van der Waals surface area contributed by atoms with Crippen molar-refractivity contribution in [3.05, 3.63) is 180 Å². The minimum Gasteiger partial charge on any atom is -0.456 e. The van der Waals surface area contributed by atoms with E-state index in [-0.39, 0.29) is 21.7 Å². The molecule has 0 saturated carbocycles. The van der Waals surface area contributed by atoms with Gasteiger partial charge in [-0.25, -0.2) is 0 Å². The van der Waals surface area contributed by atoms with E-state index in [1.807, 2.05) is 0 Å². The van der Waals surface area contributed by atoms with Gasteiger partial charge in [-0.1, -0.05) is 144 Å². The van der Waals surface area contributed by atoms with E-state index in [1.54, 1.807) is 0 Å². The highest BCUT2D eigenvalue weighted by molar-refractivity contribution is 6.24. The third kappa shape index (κ3) is 7.70. The third-order valence-electron chi connectivity index (χ3n) is 13.5. The van der Waals surface area contributed by atoms with Crippen LogP contribution in [0.4, 0.5) is 34.1 Å². The van der Waals surface area contributed by atoms with Crippen LogP contribution in [0.15, 0.2) is 162 Å². The number of rotatable bonds is 6. The highest BCUT2D eigenvalue weighted by Crippen LogP contribution is 2.52. The Bertz CT molecular complexity index is 3160. The van der Waals surface area contributed by atoms with Gasteiger partial charge in [0.15, 0.2) is 0 Å². The predicted molar refractivity (Wildman–Crippen MR) is 281 cm³/mol. The molecule has 332 valence electrons. The number of ether oxygens (including phenoxy) is 1. The molecule has 0 radical (unpaired) electrons. The van der Waals surface area contributed by atoms with Crippen LogP contribution in [0.5, 0.6) is 11.5 Å². The van der Waals surface area contributed by atoms with E-state index in [4.69, 9.17) is 9.15 Å². The summed E-state index contributed by atoms with van der Waals surface area (Å²) in [5.41, 5.74) is 15.7. The SMILES string of the molecule is CC(C)(C)c1ccc(N(c2ccc(C(C)(C)C)cc2)c2ccc3c(c2)Oc2cccc4c2c-3cc2oc3cc(N(c5ccc(C(C)(C)C)cc5)c5ccc(C(C)(C)C)cc5)ccc3c24)cc1. The maximum Gasteiger partial charge on any atom is 0.137 e. The van der Waals surface area contributed by atoms with Gasteiger partial charge < -0.3 is 19.0 Å². The van der Waals surface area contributed by atoms with Gasteiger partial charge in [-0.05, 0) is 134 Å². The van der Waals surface area contributed by atoms with Crippen LogP contribution in [0.3, 0.4) is 0 Å². The molecule has 4 nitrogen and oxygen atoms in total. The molecule has 4 heteroatoms. The molecular weight excluding hydrogens is 805 g/mol. The van der Waals surface area contributed by atoms with Crippen molar-refractivity contribution in [2.45, 2.75) is 105 Å². The van der Waals surface area contributed by atoms with Crippen molar-refractivity contribution in [1.82, 2.24) is 0 Å². The molecule has 0 atom stereocenters. The van der Waals surface area contributed by atoms with Gasteiger partial charge >= 0.3 is 0 Å². The van der Waals surface area contributed by atoms with Crippen molar-refractivity contribution in [2.75, 3.05) is 9.80 Å². The Labute approximate surface area is 391 Å². The van der Waals surface area contributed by atoms with Crippen LogP contribution in [0.25, 0.3) is 43.8 Å². The van der Waals surface area contributed by atoms with Gasteiger partial charge in [0.1, 0.15) is 22.7 Å². The fourth-order valence-corrected chi connectivity index (χ4v) is 9.55. The van der Waals surface area contributed by atoms with Gasteiger partial charge in [-0.15, -0.1) is 0 Å². The van der Waals surface area contributed by atoms with Gasteiger partial charge in [0.05, 0.1) is 0 Å². The second-order valence-electron chi connectivity index (χ2n) is 22.4. The van der Waals surface area contributed by atoms with E-state index >= 15 is 0 Å². The van der Waals surface area contributed by atoms with E-state index in [0.717, 1.165) is 89.5 Å². The van der Waals surface area contributed by atoms with Crippen molar-refractivity contribution in [2.24, 2.45) is 0 Å². The maximum atomic E-state index is 6.94. The molecule has 0 unspecified atom stereocenters. The molecule has 10 rings (SSSR count). The van der Waals surface area contributed by atoms with E-state index in [9.17, 15) is 0 Å². The molecule has 0 fully saturated rings. The Hall–Kier alpha value is -6.78. The number of hydrogen-bond donors (Lipinski definition) is 0. The summed E-state index contributed by atoms with van der Waals surface area (Å²) in [6.45, 7) is 27.1. The van der Waals surface area contributed by atoms with Crippen molar-refractivity contribution in [3.63, 3.8) is 0 Å². The molecule has 1 aliphatic heterocycles. The topological polar surface area (TPSA) is 28.9 Å². The first-order valence-corrected chi connectivity index (χ1v) is 23.5. The lowest BCUT2D eigenvalue weighted by Gasteiger charge is -2.29. The number of fused-ring (bicyclic) bond motifs is 6. The Morgan fingerprint density at radius 2 is 0.727 bits per heavy atom. The third-order valence-corrected chi connectivity index (χ3v) is 13.5. The average molecular weight is 867 g/mol. The lowest BCUT2D eigenvalue weighted by atomic mass is 9.86. The normalized spacial score (nSPS) is 13.0. The average Bonchev–Trinajstić information content (AvgIpc) is 3.64. The van der Waals surface area contributed by atoms with Crippen LogP contribution < -0.4 is 14.5 Å². The summed E-state index contributed by atoms with van der Waals surface area (Å²) in [4.78, 5) is 4.67.